The maximum absolute atomic E-state index is 14.4. The molecule has 1 aliphatic rings. The summed E-state index contributed by atoms with van der Waals surface area (Å²) in [5.41, 5.74) is 10.2. The first-order valence-corrected chi connectivity index (χ1v) is 11.0. The Labute approximate surface area is 194 Å². The molecule has 3 aromatic rings. The Morgan fingerprint density at radius 3 is 2.66 bits per heavy atom. The molecule has 2 aromatic carbocycles. The van der Waals surface area contributed by atoms with Crippen LogP contribution in [-0.4, -0.2) is 40.2 Å². The molecule has 0 saturated carbocycles. The number of amides is 1. The van der Waals surface area contributed by atoms with E-state index in [1.165, 1.54) is 6.07 Å². The van der Waals surface area contributed by atoms with Gasteiger partial charge in [0.15, 0.2) is 0 Å². The van der Waals surface area contributed by atoms with Crippen LogP contribution in [0.4, 0.5) is 4.39 Å². The number of fused-ring (bicyclic) bond motifs is 1. The molecule has 32 heavy (non-hydrogen) atoms. The number of carbonyl (C=O) groups excluding carboxylic acids is 1. The second-order valence-corrected chi connectivity index (χ2v) is 8.41. The van der Waals surface area contributed by atoms with Crippen LogP contribution in [0.3, 0.4) is 0 Å². The highest BCUT2D eigenvalue weighted by Gasteiger charge is 2.28. The molecule has 1 saturated heterocycles. The summed E-state index contributed by atoms with van der Waals surface area (Å²) in [7, 11) is 0. The zero-order valence-electron chi connectivity index (χ0n) is 18.4. The van der Waals surface area contributed by atoms with Crippen LogP contribution in [0.25, 0.3) is 10.9 Å². The Morgan fingerprint density at radius 1 is 1.22 bits per heavy atom. The minimum atomic E-state index is -0.190. The first-order valence-electron chi connectivity index (χ1n) is 11.0. The maximum atomic E-state index is 14.4. The van der Waals surface area contributed by atoms with Crippen molar-refractivity contribution < 1.29 is 14.3 Å². The van der Waals surface area contributed by atoms with Crippen molar-refractivity contribution >= 4 is 29.2 Å². The number of aliphatic hydroxyl groups is 1. The van der Waals surface area contributed by atoms with Gasteiger partial charge in [-0.3, -0.25) is 4.79 Å². The molecule has 0 atom stereocenters. The van der Waals surface area contributed by atoms with Crippen molar-refractivity contribution in [3.05, 3.63) is 70.7 Å². The Kier molecular flexibility index (Phi) is 7.93. The molecule has 0 bridgehead atoms. The number of piperidine rings is 1. The highest BCUT2D eigenvalue weighted by molar-refractivity contribution is 6.07. The minimum absolute atomic E-state index is 0. The lowest BCUT2D eigenvalue weighted by atomic mass is 9.88. The summed E-state index contributed by atoms with van der Waals surface area (Å²) in [5.74, 6) is -0.0684. The summed E-state index contributed by atoms with van der Waals surface area (Å²) in [6.45, 7) is 4.43. The monoisotopic (exact) mass is 459 g/mol. The van der Waals surface area contributed by atoms with E-state index in [9.17, 15) is 14.3 Å². The molecule has 172 valence electrons. The fraction of sp³-hybridized carbons (Fsp3) is 0.400. The van der Waals surface area contributed by atoms with Crippen LogP contribution in [0.1, 0.15) is 52.2 Å². The summed E-state index contributed by atoms with van der Waals surface area (Å²) >= 11 is 0. The zero-order chi connectivity index (χ0) is 22.0. The van der Waals surface area contributed by atoms with E-state index < -0.39 is 0 Å². The molecule has 1 fully saturated rings. The van der Waals surface area contributed by atoms with Gasteiger partial charge in [0.05, 0.1) is 11.1 Å². The molecule has 1 amide bonds. The van der Waals surface area contributed by atoms with E-state index >= 15 is 0 Å². The molecule has 1 aliphatic heterocycles. The van der Waals surface area contributed by atoms with Crippen molar-refractivity contribution in [2.45, 2.75) is 45.2 Å². The van der Waals surface area contributed by atoms with Crippen molar-refractivity contribution in [2.75, 3.05) is 19.7 Å². The minimum Gasteiger partial charge on any atom is -0.396 e. The average molecular weight is 460 g/mol. The highest BCUT2D eigenvalue weighted by Crippen LogP contribution is 2.32. The Morgan fingerprint density at radius 2 is 1.97 bits per heavy atom. The predicted octanol–water partition coefficient (Wildman–Crippen LogP) is 4.37. The number of aryl methyl sites for hydroxylation is 2. The fourth-order valence-corrected chi connectivity index (χ4v) is 4.73. The number of hydrogen-bond donors (Lipinski definition) is 2. The van der Waals surface area contributed by atoms with Crippen molar-refractivity contribution in [1.82, 2.24) is 9.47 Å². The van der Waals surface area contributed by atoms with Gasteiger partial charge in [-0.1, -0.05) is 30.3 Å². The number of carbonyl (C=O) groups is 1. The van der Waals surface area contributed by atoms with E-state index in [0.717, 1.165) is 34.9 Å². The van der Waals surface area contributed by atoms with Gasteiger partial charge in [-0.05, 0) is 54.9 Å². The van der Waals surface area contributed by atoms with E-state index in [0.29, 0.717) is 43.7 Å². The smallest absolute Gasteiger partial charge is 0.256 e. The first kappa shape index (κ1) is 24.2. The number of nitrogens with zero attached hydrogens (tertiary/aromatic N) is 2. The van der Waals surface area contributed by atoms with Gasteiger partial charge < -0.3 is 20.3 Å². The third-order valence-corrected chi connectivity index (χ3v) is 6.41. The molecule has 0 unspecified atom stereocenters. The Bertz CT molecular complexity index is 1090. The summed E-state index contributed by atoms with van der Waals surface area (Å²) in [4.78, 5) is 15.3. The van der Waals surface area contributed by atoms with Gasteiger partial charge in [-0.2, -0.15) is 0 Å². The average Bonchev–Trinajstić information content (AvgIpc) is 3.17. The number of aliphatic hydroxyl groups excluding tert-OH is 1. The van der Waals surface area contributed by atoms with Gasteiger partial charge in [0, 0.05) is 44.4 Å². The van der Waals surface area contributed by atoms with Crippen LogP contribution >= 0.6 is 12.4 Å². The molecule has 2 heterocycles. The van der Waals surface area contributed by atoms with Crippen molar-refractivity contribution in [1.29, 1.82) is 0 Å². The summed E-state index contributed by atoms with van der Waals surface area (Å²) in [5, 5.41) is 10.2. The van der Waals surface area contributed by atoms with Crippen LogP contribution in [0, 0.1) is 12.7 Å². The van der Waals surface area contributed by atoms with Crippen LogP contribution in [0.5, 0.6) is 0 Å². The quantitative estimate of drug-likeness (QED) is 0.575. The lowest BCUT2D eigenvalue weighted by Gasteiger charge is -2.32. The summed E-state index contributed by atoms with van der Waals surface area (Å²) in [6, 6.07) is 11.1. The van der Waals surface area contributed by atoms with Gasteiger partial charge in [-0.25, -0.2) is 4.39 Å². The van der Waals surface area contributed by atoms with Crippen molar-refractivity contribution in [3.63, 3.8) is 0 Å². The maximum Gasteiger partial charge on any atom is 0.256 e. The molecular formula is C25H31ClFN3O2. The molecule has 5 nitrogen and oxygen atoms in total. The van der Waals surface area contributed by atoms with E-state index in [2.05, 4.69) is 4.57 Å². The zero-order valence-corrected chi connectivity index (χ0v) is 19.2. The molecule has 3 N–H and O–H groups in total. The van der Waals surface area contributed by atoms with Crippen LogP contribution in [-0.2, 0) is 13.1 Å². The van der Waals surface area contributed by atoms with Crippen molar-refractivity contribution in [3.8, 4) is 0 Å². The van der Waals surface area contributed by atoms with E-state index in [1.807, 2.05) is 42.3 Å². The topological polar surface area (TPSA) is 71.5 Å². The predicted molar refractivity (Wildman–Crippen MR) is 128 cm³/mol. The molecule has 4 rings (SSSR count). The van der Waals surface area contributed by atoms with Crippen LogP contribution < -0.4 is 5.73 Å². The number of hydrogen-bond acceptors (Lipinski definition) is 3. The highest BCUT2D eigenvalue weighted by atomic mass is 35.5. The van der Waals surface area contributed by atoms with E-state index in [1.54, 1.807) is 6.07 Å². The second-order valence-electron chi connectivity index (χ2n) is 8.41. The third kappa shape index (κ3) is 4.68. The SMILES string of the molecule is Cc1cccc2c(C(=O)N3CCC(c4cc(CN)ccc4F)CC3)cn(CCCO)c12.Cl. The van der Waals surface area contributed by atoms with Crippen LogP contribution in [0.15, 0.2) is 42.6 Å². The van der Waals surface area contributed by atoms with Gasteiger partial charge in [0.25, 0.3) is 5.91 Å². The Hall–Kier alpha value is -2.41. The number of rotatable bonds is 6. The van der Waals surface area contributed by atoms with Crippen LogP contribution in [0.2, 0.25) is 0 Å². The normalized spacial score (nSPS) is 14.6. The second kappa shape index (κ2) is 10.5. The van der Waals surface area contributed by atoms with Gasteiger partial charge >= 0.3 is 0 Å². The molecule has 0 radical (unpaired) electrons. The summed E-state index contributed by atoms with van der Waals surface area (Å²) < 4.78 is 16.5. The van der Waals surface area contributed by atoms with Gasteiger partial charge in [0.1, 0.15) is 5.82 Å². The first-order chi connectivity index (χ1) is 15.0. The number of likely N-dealkylation sites (tertiary alicyclic amines) is 1. The molecule has 1 aromatic heterocycles. The molecule has 7 heteroatoms. The van der Waals surface area contributed by atoms with E-state index in [4.69, 9.17) is 5.73 Å². The fourth-order valence-electron chi connectivity index (χ4n) is 4.73. The molecule has 0 spiro atoms. The lowest BCUT2D eigenvalue weighted by Crippen LogP contribution is -2.38. The molecule has 0 aliphatic carbocycles. The molecular weight excluding hydrogens is 429 g/mol. The van der Waals surface area contributed by atoms with Gasteiger partial charge in [0.2, 0.25) is 0 Å². The van der Waals surface area contributed by atoms with E-state index in [-0.39, 0.29) is 36.7 Å². The van der Waals surface area contributed by atoms with Gasteiger partial charge in [-0.15, -0.1) is 12.4 Å². The number of para-hydroxylation sites is 1. The number of aromatic nitrogens is 1. The Balaban J connectivity index is 0.00000289. The number of halogens is 2. The largest absolute Gasteiger partial charge is 0.396 e. The lowest BCUT2D eigenvalue weighted by molar-refractivity contribution is 0.0714. The van der Waals surface area contributed by atoms with Crippen molar-refractivity contribution in [2.24, 2.45) is 5.73 Å². The standard InChI is InChI=1S/C25H30FN3O2.ClH/c1-17-4-2-5-20-22(16-29(24(17)20)10-3-13-30)25(31)28-11-8-19(9-12-28)21-14-18(15-27)6-7-23(21)26;/h2,4-7,14,16,19,30H,3,8-13,15,27H2,1H3;1H. The number of benzene rings is 2. The summed E-state index contributed by atoms with van der Waals surface area (Å²) in [6.07, 6.45) is 4.04. The number of nitrogens with two attached hydrogens (primary N) is 1. The third-order valence-electron chi connectivity index (χ3n) is 6.41.